The van der Waals surface area contributed by atoms with Gasteiger partial charge in [-0.15, -0.1) is 0 Å². The first-order valence-electron chi connectivity index (χ1n) is 7.45. The van der Waals surface area contributed by atoms with Crippen LogP contribution in [0.4, 0.5) is 0 Å². The zero-order valence-electron chi connectivity index (χ0n) is 14.3. The number of carbonyl (C=O) groups is 2. The van der Waals surface area contributed by atoms with Gasteiger partial charge in [-0.3, -0.25) is 0 Å². The topological polar surface area (TPSA) is 84.2 Å². The van der Waals surface area contributed by atoms with Gasteiger partial charge in [-0.25, -0.2) is 9.59 Å². The zero-order valence-corrected chi connectivity index (χ0v) is 17.4. The number of aryl methyl sites for hydroxylation is 2. The van der Waals surface area contributed by atoms with E-state index in [1.165, 1.54) is 0 Å². The van der Waals surface area contributed by atoms with Gasteiger partial charge in [0.1, 0.15) is 11.4 Å². The first-order valence-corrected chi connectivity index (χ1v) is 9.00. The van der Waals surface area contributed by atoms with Crippen molar-refractivity contribution in [3.63, 3.8) is 0 Å². The van der Waals surface area contributed by atoms with E-state index in [-0.39, 0.29) is 5.97 Å². The van der Waals surface area contributed by atoms with Crippen LogP contribution in [0.5, 0.6) is 0 Å². The number of nitrogens with one attached hydrogen (secondary N) is 2. The highest BCUT2D eigenvalue weighted by molar-refractivity contribution is 9.10. The minimum atomic E-state index is -0.399. The van der Waals surface area contributed by atoms with E-state index in [2.05, 4.69) is 25.9 Å². The Morgan fingerprint density at radius 1 is 1.04 bits per heavy atom. The smallest absolute Gasteiger partial charge is 0.355 e. The van der Waals surface area contributed by atoms with Crippen molar-refractivity contribution in [1.29, 1.82) is 0 Å². The lowest BCUT2D eigenvalue weighted by Crippen LogP contribution is -2.05. The van der Waals surface area contributed by atoms with Gasteiger partial charge in [0, 0.05) is 11.4 Å². The maximum atomic E-state index is 11.3. The van der Waals surface area contributed by atoms with E-state index in [1.54, 1.807) is 33.8 Å². The van der Waals surface area contributed by atoms with Crippen LogP contribution in [-0.4, -0.2) is 35.1 Å². The molecule has 2 aromatic heterocycles. The molecule has 2 heterocycles. The molecular formula is C16H19BrCl2N2O4. The molecule has 2 rings (SSSR count). The number of hydrogen-bond donors (Lipinski definition) is 2. The van der Waals surface area contributed by atoms with Crippen molar-refractivity contribution in [2.24, 2.45) is 0 Å². The number of esters is 2. The fourth-order valence-electron chi connectivity index (χ4n) is 1.77. The number of halogens is 3. The molecule has 0 aliphatic rings. The predicted molar refractivity (Wildman–Crippen MR) is 101 cm³/mol. The van der Waals surface area contributed by atoms with Crippen molar-refractivity contribution in [1.82, 2.24) is 9.97 Å². The maximum Gasteiger partial charge on any atom is 0.355 e. The van der Waals surface area contributed by atoms with Gasteiger partial charge < -0.3 is 19.4 Å². The summed E-state index contributed by atoms with van der Waals surface area (Å²) in [6.45, 7) is 7.81. The molecule has 0 spiro atoms. The van der Waals surface area contributed by atoms with Crippen LogP contribution in [0.1, 0.15) is 46.2 Å². The molecule has 0 fully saturated rings. The number of carbonyl (C=O) groups excluding carboxylic acids is 2. The van der Waals surface area contributed by atoms with E-state index < -0.39 is 5.97 Å². The number of rotatable bonds is 4. The first-order chi connectivity index (χ1) is 11.7. The third-order valence-corrected chi connectivity index (χ3v) is 4.87. The summed E-state index contributed by atoms with van der Waals surface area (Å²) in [5, 5.41) is 1.07. The molecule has 0 aliphatic heterocycles. The van der Waals surface area contributed by atoms with E-state index in [0.29, 0.717) is 39.1 Å². The Labute approximate surface area is 164 Å². The Kier molecular flexibility index (Phi) is 8.55. The molecule has 0 aromatic carbocycles. The van der Waals surface area contributed by atoms with Crippen molar-refractivity contribution in [2.45, 2.75) is 27.7 Å². The van der Waals surface area contributed by atoms with Gasteiger partial charge in [-0.1, -0.05) is 23.2 Å². The van der Waals surface area contributed by atoms with Gasteiger partial charge in [-0.05, 0) is 49.7 Å². The maximum absolute atomic E-state index is 11.3. The Morgan fingerprint density at radius 3 is 2.00 bits per heavy atom. The second-order valence-electron chi connectivity index (χ2n) is 4.85. The molecule has 25 heavy (non-hydrogen) atoms. The standard InChI is InChI=1S/C8H9BrClNO2.C8H10ClNO2/c1-3-13-8(12)7-5(9)6(10)4(2)11-7;1-3-12-8(11)7-4-6(9)5(2)10-7/h11H,3H2,1-2H3;4,10H,3H2,1-2H3. The lowest BCUT2D eigenvalue weighted by Gasteiger charge is -1.98. The zero-order chi connectivity index (χ0) is 19.1. The van der Waals surface area contributed by atoms with Crippen LogP contribution in [-0.2, 0) is 9.47 Å². The summed E-state index contributed by atoms with van der Waals surface area (Å²) in [5.41, 5.74) is 2.29. The molecule has 0 unspecified atom stereocenters. The summed E-state index contributed by atoms with van der Waals surface area (Å²) in [7, 11) is 0. The molecule has 0 bridgehead atoms. The molecule has 0 aliphatic carbocycles. The lowest BCUT2D eigenvalue weighted by molar-refractivity contribution is 0.0510. The van der Waals surface area contributed by atoms with Gasteiger partial charge >= 0.3 is 11.9 Å². The molecule has 2 N–H and O–H groups in total. The van der Waals surface area contributed by atoms with Crippen LogP contribution in [0.15, 0.2) is 10.5 Å². The van der Waals surface area contributed by atoms with E-state index in [9.17, 15) is 9.59 Å². The SMILES string of the molecule is CCOC(=O)c1[nH]c(C)c(Cl)c1Br.CCOC(=O)c1cc(Cl)c(C)[nH]1. The number of H-pyrrole nitrogens is 2. The van der Waals surface area contributed by atoms with Crippen molar-refractivity contribution >= 4 is 51.1 Å². The van der Waals surface area contributed by atoms with E-state index in [1.807, 2.05) is 0 Å². The van der Waals surface area contributed by atoms with Gasteiger partial charge in [0.2, 0.25) is 0 Å². The van der Waals surface area contributed by atoms with Gasteiger partial charge in [0.05, 0.1) is 27.7 Å². The van der Waals surface area contributed by atoms with Gasteiger partial charge in [-0.2, -0.15) is 0 Å². The van der Waals surface area contributed by atoms with Crippen molar-refractivity contribution < 1.29 is 19.1 Å². The summed E-state index contributed by atoms with van der Waals surface area (Å²) in [5.74, 6) is -0.767. The average Bonchev–Trinajstić information content (AvgIpc) is 3.03. The minimum Gasteiger partial charge on any atom is -0.461 e. The average molecular weight is 454 g/mol. The van der Waals surface area contributed by atoms with Crippen molar-refractivity contribution in [3.8, 4) is 0 Å². The molecule has 0 amide bonds. The third-order valence-electron chi connectivity index (χ3n) is 2.98. The molecule has 0 radical (unpaired) electrons. The van der Waals surface area contributed by atoms with Crippen LogP contribution in [0.2, 0.25) is 10.0 Å². The Morgan fingerprint density at radius 2 is 1.60 bits per heavy atom. The van der Waals surface area contributed by atoms with Crippen LogP contribution >= 0.6 is 39.1 Å². The fourth-order valence-corrected chi connectivity index (χ4v) is 2.62. The van der Waals surface area contributed by atoms with Crippen LogP contribution in [0.3, 0.4) is 0 Å². The molecular weight excluding hydrogens is 435 g/mol. The Balaban J connectivity index is 0.000000251. The number of hydrogen-bond acceptors (Lipinski definition) is 4. The summed E-state index contributed by atoms with van der Waals surface area (Å²) in [6, 6.07) is 1.56. The highest BCUT2D eigenvalue weighted by Crippen LogP contribution is 2.29. The molecule has 2 aromatic rings. The summed E-state index contributed by atoms with van der Waals surface area (Å²) < 4.78 is 10.1. The van der Waals surface area contributed by atoms with E-state index in [0.717, 1.165) is 11.4 Å². The molecule has 9 heteroatoms. The molecule has 0 atom stereocenters. The number of aromatic amines is 2. The molecule has 6 nitrogen and oxygen atoms in total. The molecule has 0 saturated carbocycles. The Hall–Kier alpha value is -1.44. The quantitative estimate of drug-likeness (QED) is 0.633. The minimum absolute atomic E-state index is 0.348. The van der Waals surface area contributed by atoms with Crippen molar-refractivity contribution in [2.75, 3.05) is 13.2 Å². The van der Waals surface area contributed by atoms with Crippen LogP contribution in [0, 0.1) is 13.8 Å². The number of ether oxygens (including phenoxy) is 2. The predicted octanol–water partition coefficient (Wildman–Crippen LogP) is 5.07. The first kappa shape index (κ1) is 21.6. The fraction of sp³-hybridized carbons (Fsp3) is 0.375. The Bertz CT molecular complexity index is 736. The normalized spacial score (nSPS) is 10.0. The second kappa shape index (κ2) is 9.89. The van der Waals surface area contributed by atoms with Crippen LogP contribution in [0.25, 0.3) is 0 Å². The van der Waals surface area contributed by atoms with Gasteiger partial charge in [0.25, 0.3) is 0 Å². The molecule has 138 valence electrons. The second-order valence-corrected chi connectivity index (χ2v) is 6.43. The molecule has 0 saturated heterocycles. The highest BCUT2D eigenvalue weighted by atomic mass is 79.9. The largest absolute Gasteiger partial charge is 0.461 e. The van der Waals surface area contributed by atoms with Gasteiger partial charge in [0.15, 0.2) is 0 Å². The summed E-state index contributed by atoms with van der Waals surface area (Å²) >= 11 is 14.8. The van der Waals surface area contributed by atoms with Crippen LogP contribution < -0.4 is 0 Å². The van der Waals surface area contributed by atoms with E-state index in [4.69, 9.17) is 32.7 Å². The monoisotopic (exact) mass is 452 g/mol. The van der Waals surface area contributed by atoms with E-state index >= 15 is 0 Å². The third kappa shape index (κ3) is 5.80. The summed E-state index contributed by atoms with van der Waals surface area (Å²) in [6.07, 6.45) is 0. The summed E-state index contributed by atoms with van der Waals surface area (Å²) in [4.78, 5) is 28.1. The lowest BCUT2D eigenvalue weighted by atomic mass is 10.4. The number of aromatic nitrogens is 2. The highest BCUT2D eigenvalue weighted by Gasteiger charge is 2.18. The van der Waals surface area contributed by atoms with Crippen molar-refractivity contribution in [3.05, 3.63) is 43.4 Å².